The minimum absolute atomic E-state index is 0.188. The monoisotopic (exact) mass is 347 g/mol. The highest BCUT2D eigenvalue weighted by molar-refractivity contribution is 6.31. The molecule has 0 atom stereocenters. The van der Waals surface area contributed by atoms with Crippen LogP contribution in [0.4, 0.5) is 11.4 Å². The Balaban J connectivity index is 2.21. The van der Waals surface area contributed by atoms with E-state index in [1.807, 2.05) is 26.8 Å². The summed E-state index contributed by atoms with van der Waals surface area (Å²) < 4.78 is 5.35. The van der Waals surface area contributed by atoms with E-state index in [1.54, 1.807) is 31.5 Å². The third-order valence-corrected chi connectivity index (χ3v) is 3.83. The summed E-state index contributed by atoms with van der Waals surface area (Å²) in [6.45, 7) is 6.62. The Labute approximate surface area is 147 Å². The van der Waals surface area contributed by atoms with Crippen molar-refractivity contribution in [1.82, 2.24) is 10.3 Å². The fourth-order valence-corrected chi connectivity index (χ4v) is 2.26. The molecule has 0 aliphatic rings. The minimum atomic E-state index is -0.188. The SMILES string of the molecule is COc1cc(Cl)c(C)cc1Nc1ccnc(C(=O)NCC(C)C)c1. The van der Waals surface area contributed by atoms with Crippen LogP contribution in [0.1, 0.15) is 29.9 Å². The number of hydrogen-bond donors (Lipinski definition) is 2. The number of ether oxygens (including phenoxy) is 1. The van der Waals surface area contributed by atoms with Crippen LogP contribution < -0.4 is 15.4 Å². The first kappa shape index (κ1) is 18.1. The average Bonchev–Trinajstić information content (AvgIpc) is 2.56. The van der Waals surface area contributed by atoms with E-state index in [0.29, 0.717) is 28.9 Å². The molecule has 0 unspecified atom stereocenters. The smallest absolute Gasteiger partial charge is 0.269 e. The van der Waals surface area contributed by atoms with Crippen molar-refractivity contribution in [2.24, 2.45) is 5.92 Å². The number of rotatable bonds is 6. The van der Waals surface area contributed by atoms with Gasteiger partial charge in [0.25, 0.3) is 5.91 Å². The third-order valence-electron chi connectivity index (χ3n) is 3.42. The maximum atomic E-state index is 12.1. The van der Waals surface area contributed by atoms with Crippen LogP contribution in [-0.2, 0) is 0 Å². The molecule has 2 rings (SSSR count). The van der Waals surface area contributed by atoms with Gasteiger partial charge in [-0.15, -0.1) is 0 Å². The molecule has 0 radical (unpaired) electrons. The van der Waals surface area contributed by atoms with Crippen LogP contribution in [0.2, 0.25) is 5.02 Å². The van der Waals surface area contributed by atoms with Gasteiger partial charge in [-0.25, -0.2) is 0 Å². The lowest BCUT2D eigenvalue weighted by Gasteiger charge is -2.14. The van der Waals surface area contributed by atoms with Crippen molar-refractivity contribution in [3.8, 4) is 5.75 Å². The molecule has 0 fully saturated rings. The molecule has 1 amide bonds. The van der Waals surface area contributed by atoms with Gasteiger partial charge in [0, 0.05) is 29.5 Å². The van der Waals surface area contributed by atoms with Gasteiger partial charge < -0.3 is 15.4 Å². The first-order valence-electron chi connectivity index (χ1n) is 7.76. The number of nitrogens with zero attached hydrogens (tertiary/aromatic N) is 1. The van der Waals surface area contributed by atoms with Crippen LogP contribution in [0, 0.1) is 12.8 Å². The highest BCUT2D eigenvalue weighted by Crippen LogP contribution is 2.33. The van der Waals surface area contributed by atoms with E-state index in [9.17, 15) is 4.79 Å². The second-order valence-corrected chi connectivity index (χ2v) is 6.37. The summed E-state index contributed by atoms with van der Waals surface area (Å²) >= 11 is 6.12. The van der Waals surface area contributed by atoms with E-state index in [-0.39, 0.29) is 5.91 Å². The second kappa shape index (κ2) is 8.02. The molecular weight excluding hydrogens is 326 g/mol. The van der Waals surface area contributed by atoms with Crippen LogP contribution in [-0.4, -0.2) is 24.5 Å². The molecular formula is C18H22ClN3O2. The lowest BCUT2D eigenvalue weighted by molar-refractivity contribution is 0.0944. The Morgan fingerprint density at radius 1 is 1.33 bits per heavy atom. The summed E-state index contributed by atoms with van der Waals surface area (Å²) in [5, 5.41) is 6.74. The average molecular weight is 348 g/mol. The summed E-state index contributed by atoms with van der Waals surface area (Å²) in [6, 6.07) is 7.17. The Kier molecular flexibility index (Phi) is 6.04. The number of hydrogen-bond acceptors (Lipinski definition) is 4. The van der Waals surface area contributed by atoms with Crippen LogP contribution in [0.3, 0.4) is 0 Å². The number of amides is 1. The fourth-order valence-electron chi connectivity index (χ4n) is 2.11. The van der Waals surface area contributed by atoms with Crippen molar-refractivity contribution in [3.63, 3.8) is 0 Å². The maximum Gasteiger partial charge on any atom is 0.269 e. The molecule has 2 N–H and O–H groups in total. The van der Waals surface area contributed by atoms with Crippen molar-refractivity contribution < 1.29 is 9.53 Å². The maximum absolute atomic E-state index is 12.1. The number of aryl methyl sites for hydroxylation is 1. The van der Waals surface area contributed by atoms with Crippen LogP contribution in [0.25, 0.3) is 0 Å². The van der Waals surface area contributed by atoms with Gasteiger partial charge in [0.05, 0.1) is 12.8 Å². The van der Waals surface area contributed by atoms with Crippen molar-refractivity contribution >= 4 is 28.9 Å². The van der Waals surface area contributed by atoms with Gasteiger partial charge in [-0.2, -0.15) is 0 Å². The molecule has 1 aromatic heterocycles. The minimum Gasteiger partial charge on any atom is -0.495 e. The number of methoxy groups -OCH3 is 1. The van der Waals surface area contributed by atoms with E-state index < -0.39 is 0 Å². The predicted molar refractivity (Wildman–Crippen MR) is 97.4 cm³/mol. The van der Waals surface area contributed by atoms with Gasteiger partial charge in [0.1, 0.15) is 11.4 Å². The molecule has 0 saturated heterocycles. The third kappa shape index (κ3) is 4.61. The number of aromatic nitrogens is 1. The van der Waals surface area contributed by atoms with Crippen molar-refractivity contribution in [1.29, 1.82) is 0 Å². The fraction of sp³-hybridized carbons (Fsp3) is 0.333. The van der Waals surface area contributed by atoms with Gasteiger partial charge in [-0.05, 0) is 36.6 Å². The summed E-state index contributed by atoms with van der Waals surface area (Å²) in [5.41, 5.74) is 2.83. The Bertz CT molecular complexity index is 732. The molecule has 5 nitrogen and oxygen atoms in total. The lowest BCUT2D eigenvalue weighted by Crippen LogP contribution is -2.28. The largest absolute Gasteiger partial charge is 0.495 e. The first-order valence-corrected chi connectivity index (χ1v) is 8.14. The van der Waals surface area contributed by atoms with Crippen molar-refractivity contribution in [3.05, 3.63) is 46.7 Å². The topological polar surface area (TPSA) is 63.2 Å². The molecule has 2 aromatic rings. The van der Waals surface area contributed by atoms with E-state index in [4.69, 9.17) is 16.3 Å². The number of anilines is 2. The highest BCUT2D eigenvalue weighted by Gasteiger charge is 2.11. The highest BCUT2D eigenvalue weighted by atomic mass is 35.5. The van der Waals surface area contributed by atoms with E-state index >= 15 is 0 Å². The standard InChI is InChI=1S/C18H22ClN3O2/c1-11(2)10-21-18(23)16-8-13(5-6-20-16)22-15-7-12(3)14(19)9-17(15)24-4/h5-9,11H,10H2,1-4H3,(H,20,22)(H,21,23). The number of halogens is 1. The molecule has 1 heterocycles. The molecule has 6 heteroatoms. The number of pyridine rings is 1. The molecule has 0 saturated carbocycles. The Hall–Kier alpha value is -2.27. The van der Waals surface area contributed by atoms with Crippen LogP contribution in [0.15, 0.2) is 30.5 Å². The van der Waals surface area contributed by atoms with Gasteiger partial charge >= 0.3 is 0 Å². The van der Waals surface area contributed by atoms with Gasteiger partial charge in [0.15, 0.2) is 0 Å². The second-order valence-electron chi connectivity index (χ2n) is 5.96. The Morgan fingerprint density at radius 2 is 2.08 bits per heavy atom. The summed E-state index contributed by atoms with van der Waals surface area (Å²) in [4.78, 5) is 16.3. The van der Waals surface area contributed by atoms with Crippen LogP contribution >= 0.6 is 11.6 Å². The normalized spacial score (nSPS) is 10.6. The summed E-state index contributed by atoms with van der Waals surface area (Å²) in [7, 11) is 1.59. The number of benzene rings is 1. The van der Waals surface area contributed by atoms with E-state index in [2.05, 4.69) is 15.6 Å². The zero-order valence-corrected chi connectivity index (χ0v) is 15.1. The van der Waals surface area contributed by atoms with Gasteiger partial charge in [0.2, 0.25) is 0 Å². The molecule has 1 aromatic carbocycles. The van der Waals surface area contributed by atoms with Crippen LogP contribution in [0.5, 0.6) is 5.75 Å². The molecule has 128 valence electrons. The van der Waals surface area contributed by atoms with Gasteiger partial charge in [-0.1, -0.05) is 25.4 Å². The summed E-state index contributed by atoms with van der Waals surface area (Å²) in [6.07, 6.45) is 1.60. The van der Waals surface area contributed by atoms with Gasteiger partial charge in [-0.3, -0.25) is 9.78 Å². The number of carbonyl (C=O) groups excluding carboxylic acids is 1. The summed E-state index contributed by atoms with van der Waals surface area (Å²) in [5.74, 6) is 0.830. The van der Waals surface area contributed by atoms with E-state index in [0.717, 1.165) is 16.9 Å². The van der Waals surface area contributed by atoms with Crippen molar-refractivity contribution in [2.45, 2.75) is 20.8 Å². The zero-order valence-electron chi connectivity index (χ0n) is 14.3. The number of carbonyl (C=O) groups is 1. The molecule has 0 aliphatic carbocycles. The Morgan fingerprint density at radius 3 is 2.75 bits per heavy atom. The number of nitrogens with one attached hydrogen (secondary N) is 2. The quantitative estimate of drug-likeness (QED) is 0.822. The first-order chi connectivity index (χ1) is 11.4. The van der Waals surface area contributed by atoms with E-state index in [1.165, 1.54) is 0 Å². The molecule has 0 bridgehead atoms. The van der Waals surface area contributed by atoms with Crippen molar-refractivity contribution in [2.75, 3.05) is 19.0 Å². The predicted octanol–water partition coefficient (Wildman–Crippen LogP) is 4.18. The molecule has 0 aliphatic heterocycles. The lowest BCUT2D eigenvalue weighted by atomic mass is 10.2. The zero-order chi connectivity index (χ0) is 17.7. The molecule has 0 spiro atoms. The molecule has 24 heavy (non-hydrogen) atoms.